The number of hydrogen-bond donors (Lipinski definition) is 0. The SMILES string of the molecule is CC(C)Oc1ccc(S(=O)(=O)C2CC2)cc1CC(=O)N1CCN(c2ccc(C(F)(F)F)cc2F)CC1. The smallest absolute Gasteiger partial charge is 0.416 e. The van der Waals surface area contributed by atoms with Gasteiger partial charge < -0.3 is 14.5 Å². The van der Waals surface area contributed by atoms with Gasteiger partial charge in [-0.2, -0.15) is 13.2 Å². The van der Waals surface area contributed by atoms with E-state index in [4.69, 9.17) is 4.74 Å². The normalized spacial score (nSPS) is 17.0. The molecule has 196 valence electrons. The highest BCUT2D eigenvalue weighted by Crippen LogP contribution is 2.36. The zero-order chi connectivity index (χ0) is 26.3. The van der Waals surface area contributed by atoms with E-state index >= 15 is 0 Å². The number of hydrogen-bond acceptors (Lipinski definition) is 5. The number of rotatable bonds is 7. The van der Waals surface area contributed by atoms with Crippen LogP contribution in [0.15, 0.2) is 41.3 Å². The number of halogens is 4. The van der Waals surface area contributed by atoms with Gasteiger partial charge in [0.1, 0.15) is 11.6 Å². The van der Waals surface area contributed by atoms with E-state index in [1.54, 1.807) is 15.9 Å². The van der Waals surface area contributed by atoms with Crippen molar-refractivity contribution in [1.82, 2.24) is 4.90 Å². The van der Waals surface area contributed by atoms with Crippen LogP contribution in [0.1, 0.15) is 37.8 Å². The largest absolute Gasteiger partial charge is 0.491 e. The predicted octanol–water partition coefficient (Wildman–Crippen LogP) is 4.46. The lowest BCUT2D eigenvalue weighted by Gasteiger charge is -2.36. The van der Waals surface area contributed by atoms with Crippen molar-refractivity contribution in [3.05, 3.63) is 53.3 Å². The average molecular weight is 529 g/mol. The number of ether oxygens (including phenoxy) is 1. The van der Waals surface area contributed by atoms with Crippen LogP contribution in [-0.4, -0.2) is 56.8 Å². The quantitative estimate of drug-likeness (QED) is 0.497. The minimum absolute atomic E-state index is 0.0562. The minimum Gasteiger partial charge on any atom is -0.491 e. The number of sulfone groups is 1. The Kier molecular flexibility index (Phi) is 7.23. The first-order valence-electron chi connectivity index (χ1n) is 11.8. The van der Waals surface area contributed by atoms with Crippen LogP contribution < -0.4 is 9.64 Å². The van der Waals surface area contributed by atoms with Crippen molar-refractivity contribution < 1.29 is 35.5 Å². The summed E-state index contributed by atoms with van der Waals surface area (Å²) in [5.74, 6) is -0.760. The maximum atomic E-state index is 14.4. The third-order valence-corrected chi connectivity index (χ3v) is 8.54. The van der Waals surface area contributed by atoms with Gasteiger partial charge in [-0.1, -0.05) is 0 Å². The van der Waals surface area contributed by atoms with E-state index in [1.807, 2.05) is 13.8 Å². The Morgan fingerprint density at radius 2 is 1.72 bits per heavy atom. The van der Waals surface area contributed by atoms with Gasteiger partial charge >= 0.3 is 6.18 Å². The third-order valence-electron chi connectivity index (χ3n) is 6.28. The summed E-state index contributed by atoms with van der Waals surface area (Å²) in [7, 11) is -3.44. The van der Waals surface area contributed by atoms with E-state index in [-0.39, 0.29) is 60.4 Å². The second kappa shape index (κ2) is 9.91. The summed E-state index contributed by atoms with van der Waals surface area (Å²) in [4.78, 5) is 16.4. The number of amides is 1. The van der Waals surface area contributed by atoms with E-state index in [0.29, 0.717) is 30.2 Å². The number of anilines is 1. The van der Waals surface area contributed by atoms with Crippen LogP contribution in [0.5, 0.6) is 5.75 Å². The van der Waals surface area contributed by atoms with Crippen molar-refractivity contribution in [1.29, 1.82) is 0 Å². The van der Waals surface area contributed by atoms with Crippen LogP contribution in [0.3, 0.4) is 0 Å². The summed E-state index contributed by atoms with van der Waals surface area (Å²) in [5.41, 5.74) is -0.518. The number of benzene rings is 2. The van der Waals surface area contributed by atoms with E-state index in [9.17, 15) is 30.8 Å². The Balaban J connectivity index is 1.45. The van der Waals surface area contributed by atoms with Crippen LogP contribution in [0.25, 0.3) is 0 Å². The molecule has 1 saturated carbocycles. The number of carbonyl (C=O) groups excluding carboxylic acids is 1. The summed E-state index contributed by atoms with van der Waals surface area (Å²) in [5, 5.41) is -0.378. The summed E-state index contributed by atoms with van der Waals surface area (Å²) in [6.45, 7) is 4.67. The monoisotopic (exact) mass is 528 g/mol. The minimum atomic E-state index is -4.63. The molecular formula is C25H28F4N2O4S. The Morgan fingerprint density at radius 3 is 2.28 bits per heavy atom. The molecule has 1 heterocycles. The lowest BCUT2D eigenvalue weighted by molar-refractivity contribution is -0.137. The van der Waals surface area contributed by atoms with E-state index < -0.39 is 27.4 Å². The number of alkyl halides is 3. The van der Waals surface area contributed by atoms with Crippen molar-refractivity contribution in [3.8, 4) is 5.75 Å². The molecule has 1 aliphatic carbocycles. The molecule has 0 aromatic heterocycles. The molecule has 4 rings (SSSR count). The van der Waals surface area contributed by atoms with Crippen LogP contribution in [0, 0.1) is 5.82 Å². The molecule has 1 aliphatic heterocycles. The number of carbonyl (C=O) groups is 1. The molecule has 0 unspecified atom stereocenters. The molecule has 11 heteroatoms. The van der Waals surface area contributed by atoms with Crippen molar-refractivity contribution >= 4 is 21.4 Å². The molecular weight excluding hydrogens is 500 g/mol. The Bertz CT molecular complexity index is 1240. The fourth-order valence-corrected chi connectivity index (χ4v) is 5.93. The van der Waals surface area contributed by atoms with Gasteiger partial charge in [0.2, 0.25) is 5.91 Å². The molecule has 1 amide bonds. The highest BCUT2D eigenvalue weighted by atomic mass is 32.2. The fraction of sp³-hybridized carbons (Fsp3) is 0.480. The van der Waals surface area contributed by atoms with E-state index in [0.717, 1.165) is 12.1 Å². The summed E-state index contributed by atoms with van der Waals surface area (Å²) in [6, 6.07) is 7.04. The van der Waals surface area contributed by atoms with Gasteiger partial charge in [0.05, 0.1) is 33.9 Å². The van der Waals surface area contributed by atoms with Gasteiger partial charge in [-0.3, -0.25) is 4.79 Å². The molecule has 0 bridgehead atoms. The van der Waals surface area contributed by atoms with E-state index in [2.05, 4.69) is 0 Å². The molecule has 2 aromatic rings. The standard InChI is InChI=1S/C25H28F4N2O4S/c1-16(2)35-23-8-6-20(36(33,34)19-4-5-19)13-17(23)14-24(32)31-11-9-30(10-12-31)22-7-3-18(15-21(22)26)25(27,28)29/h3,6-8,13,15-16,19H,4-5,9-12,14H2,1-2H3. The van der Waals surface area contributed by atoms with Gasteiger partial charge in [-0.25, -0.2) is 12.8 Å². The topological polar surface area (TPSA) is 66.9 Å². The summed E-state index contributed by atoms with van der Waals surface area (Å²) >= 11 is 0. The lowest BCUT2D eigenvalue weighted by Crippen LogP contribution is -2.49. The molecule has 1 saturated heterocycles. The molecule has 0 N–H and O–H groups in total. The maximum absolute atomic E-state index is 14.4. The van der Waals surface area contributed by atoms with Gasteiger partial charge in [0, 0.05) is 31.7 Å². The second-order valence-electron chi connectivity index (χ2n) is 9.39. The number of nitrogens with zero attached hydrogens (tertiary/aromatic N) is 2. The first-order valence-corrected chi connectivity index (χ1v) is 13.3. The molecule has 0 atom stereocenters. The zero-order valence-electron chi connectivity index (χ0n) is 20.0. The predicted molar refractivity (Wildman–Crippen MR) is 126 cm³/mol. The van der Waals surface area contributed by atoms with Gasteiger partial charge in [-0.15, -0.1) is 0 Å². The fourth-order valence-electron chi connectivity index (χ4n) is 4.22. The van der Waals surface area contributed by atoms with Crippen molar-refractivity contribution in [2.24, 2.45) is 0 Å². The molecule has 36 heavy (non-hydrogen) atoms. The number of piperazine rings is 1. The zero-order valence-corrected chi connectivity index (χ0v) is 20.8. The van der Waals surface area contributed by atoms with Crippen LogP contribution in [-0.2, 0) is 27.2 Å². The van der Waals surface area contributed by atoms with Crippen molar-refractivity contribution in [2.45, 2.75) is 55.5 Å². The average Bonchev–Trinajstić information content (AvgIpc) is 3.65. The third kappa shape index (κ3) is 5.77. The lowest BCUT2D eigenvalue weighted by atomic mass is 10.1. The van der Waals surface area contributed by atoms with Crippen molar-refractivity contribution in [3.63, 3.8) is 0 Å². The van der Waals surface area contributed by atoms with Crippen LogP contribution in [0.4, 0.5) is 23.2 Å². The maximum Gasteiger partial charge on any atom is 0.416 e. The van der Waals surface area contributed by atoms with Gasteiger partial charge in [0.15, 0.2) is 9.84 Å². The Hall–Kier alpha value is -2.82. The summed E-state index contributed by atoms with van der Waals surface area (Å²) < 4.78 is 84.1. The van der Waals surface area contributed by atoms with Crippen molar-refractivity contribution in [2.75, 3.05) is 31.1 Å². The molecule has 2 aliphatic rings. The summed E-state index contributed by atoms with van der Waals surface area (Å²) in [6.07, 6.45) is -3.61. The Morgan fingerprint density at radius 1 is 1.06 bits per heavy atom. The second-order valence-corrected chi connectivity index (χ2v) is 11.6. The molecule has 2 aromatic carbocycles. The highest BCUT2D eigenvalue weighted by Gasteiger charge is 2.37. The molecule has 0 radical (unpaired) electrons. The molecule has 2 fully saturated rings. The van der Waals surface area contributed by atoms with E-state index in [1.165, 1.54) is 12.1 Å². The highest BCUT2D eigenvalue weighted by molar-refractivity contribution is 7.92. The first-order chi connectivity index (χ1) is 16.9. The van der Waals surface area contributed by atoms with Crippen LogP contribution >= 0.6 is 0 Å². The Labute approximate surface area is 207 Å². The van der Waals surface area contributed by atoms with Gasteiger partial charge in [0.25, 0.3) is 0 Å². The van der Waals surface area contributed by atoms with Crippen LogP contribution in [0.2, 0.25) is 0 Å². The van der Waals surface area contributed by atoms with Gasteiger partial charge in [-0.05, 0) is 63.1 Å². The molecule has 6 nitrogen and oxygen atoms in total. The molecule has 0 spiro atoms. The first kappa shape index (κ1) is 26.2.